The lowest BCUT2D eigenvalue weighted by Crippen LogP contribution is -2.31. The van der Waals surface area contributed by atoms with Gasteiger partial charge in [-0.3, -0.25) is 4.90 Å². The third-order valence-corrected chi connectivity index (χ3v) is 1.38. The van der Waals surface area contributed by atoms with Gasteiger partial charge in [-0.1, -0.05) is 12.2 Å². The fourth-order valence-electron chi connectivity index (χ4n) is 0.710. The second kappa shape index (κ2) is 6.52. The van der Waals surface area contributed by atoms with Crippen LogP contribution in [0.1, 0.15) is 6.92 Å². The van der Waals surface area contributed by atoms with E-state index in [1.807, 2.05) is 18.9 Å². The van der Waals surface area contributed by atoms with E-state index in [9.17, 15) is 0 Å². The van der Waals surface area contributed by atoms with Gasteiger partial charge < -0.3 is 10.5 Å². The summed E-state index contributed by atoms with van der Waals surface area (Å²) in [6, 6.07) is 0. The largest absolute Gasteiger partial charge is 0.392 e. The molecule has 0 aromatic rings. The molecule has 0 aliphatic carbocycles. The summed E-state index contributed by atoms with van der Waals surface area (Å²) >= 11 is 4.75. The van der Waals surface area contributed by atoms with E-state index in [4.69, 9.17) is 22.7 Å². The van der Waals surface area contributed by atoms with E-state index in [2.05, 4.69) is 0 Å². The number of hydrogen-bond donors (Lipinski definition) is 1. The van der Waals surface area contributed by atoms with Crippen molar-refractivity contribution in [3.63, 3.8) is 0 Å². The van der Waals surface area contributed by atoms with Gasteiger partial charge in [-0.05, 0) is 14.0 Å². The van der Waals surface area contributed by atoms with Crippen LogP contribution in [0.5, 0.6) is 0 Å². The SMILES string of the molecule is CCOCCN(C)CC(N)=S. The van der Waals surface area contributed by atoms with E-state index in [1.165, 1.54) is 0 Å². The van der Waals surface area contributed by atoms with E-state index in [0.717, 1.165) is 19.8 Å². The predicted molar refractivity (Wildman–Crippen MR) is 50.8 cm³/mol. The topological polar surface area (TPSA) is 38.5 Å². The molecule has 0 aromatic heterocycles. The lowest BCUT2D eigenvalue weighted by molar-refractivity contribution is 0.126. The molecule has 0 bridgehead atoms. The average molecular weight is 176 g/mol. The second-order valence-corrected chi connectivity index (χ2v) is 2.93. The lowest BCUT2D eigenvalue weighted by atomic mass is 10.5. The maximum Gasteiger partial charge on any atom is 0.0869 e. The first kappa shape index (κ1) is 10.8. The minimum absolute atomic E-state index is 0.531. The van der Waals surface area contributed by atoms with Gasteiger partial charge in [0.2, 0.25) is 0 Å². The molecule has 0 heterocycles. The molecule has 0 fully saturated rings. The maximum atomic E-state index is 5.35. The molecule has 3 nitrogen and oxygen atoms in total. The van der Waals surface area contributed by atoms with E-state index in [1.54, 1.807) is 0 Å². The molecule has 0 aliphatic rings. The van der Waals surface area contributed by atoms with Crippen LogP contribution in [0.3, 0.4) is 0 Å². The van der Waals surface area contributed by atoms with Crippen LogP contribution in [0, 0.1) is 0 Å². The Morgan fingerprint density at radius 3 is 2.73 bits per heavy atom. The van der Waals surface area contributed by atoms with Gasteiger partial charge in [0.05, 0.1) is 11.6 Å². The maximum absolute atomic E-state index is 5.35. The van der Waals surface area contributed by atoms with Gasteiger partial charge in [-0.2, -0.15) is 0 Å². The Labute approximate surface area is 73.5 Å². The molecule has 0 aromatic carbocycles. The molecule has 0 radical (unpaired) electrons. The van der Waals surface area contributed by atoms with Gasteiger partial charge in [-0.15, -0.1) is 0 Å². The Morgan fingerprint density at radius 1 is 1.64 bits per heavy atom. The van der Waals surface area contributed by atoms with Crippen LogP contribution in [0.25, 0.3) is 0 Å². The van der Waals surface area contributed by atoms with Crippen molar-refractivity contribution in [3.8, 4) is 0 Å². The number of nitrogens with two attached hydrogens (primary N) is 1. The summed E-state index contributed by atoms with van der Waals surface area (Å²) in [4.78, 5) is 2.57. The molecule has 11 heavy (non-hydrogen) atoms. The monoisotopic (exact) mass is 176 g/mol. The molecule has 0 atom stereocenters. The van der Waals surface area contributed by atoms with Crippen LogP contribution in [0.15, 0.2) is 0 Å². The van der Waals surface area contributed by atoms with E-state index in [0.29, 0.717) is 11.5 Å². The molecule has 0 saturated carbocycles. The molecule has 66 valence electrons. The minimum Gasteiger partial charge on any atom is -0.392 e. The first-order valence-electron chi connectivity index (χ1n) is 3.71. The van der Waals surface area contributed by atoms with Crippen molar-refractivity contribution in [2.75, 3.05) is 33.4 Å². The molecule has 0 unspecified atom stereocenters. The van der Waals surface area contributed by atoms with Crippen molar-refractivity contribution in [1.82, 2.24) is 4.90 Å². The zero-order valence-corrected chi connectivity index (χ0v) is 7.99. The van der Waals surface area contributed by atoms with Crippen molar-refractivity contribution in [1.29, 1.82) is 0 Å². The number of hydrogen-bond acceptors (Lipinski definition) is 3. The van der Waals surface area contributed by atoms with Crippen molar-refractivity contribution in [3.05, 3.63) is 0 Å². The van der Waals surface area contributed by atoms with Gasteiger partial charge in [0.25, 0.3) is 0 Å². The molecular formula is C7H16N2OS. The number of rotatable bonds is 6. The van der Waals surface area contributed by atoms with Crippen molar-refractivity contribution in [2.24, 2.45) is 5.73 Å². The summed E-state index contributed by atoms with van der Waals surface area (Å²) in [7, 11) is 1.97. The molecule has 4 heteroatoms. The third kappa shape index (κ3) is 7.71. The Kier molecular flexibility index (Phi) is 6.40. The minimum atomic E-state index is 0.531. The molecular weight excluding hydrogens is 160 g/mol. The van der Waals surface area contributed by atoms with Crippen LogP contribution in [0.2, 0.25) is 0 Å². The van der Waals surface area contributed by atoms with Crippen molar-refractivity contribution < 1.29 is 4.74 Å². The highest BCUT2D eigenvalue weighted by atomic mass is 32.1. The second-order valence-electron chi connectivity index (χ2n) is 2.40. The van der Waals surface area contributed by atoms with Gasteiger partial charge >= 0.3 is 0 Å². The standard InChI is InChI=1S/C7H16N2OS/c1-3-10-5-4-9(2)6-7(8)11/h3-6H2,1-2H3,(H2,8,11). The highest BCUT2D eigenvalue weighted by Gasteiger charge is 1.97. The lowest BCUT2D eigenvalue weighted by Gasteiger charge is -2.14. The van der Waals surface area contributed by atoms with Crippen molar-refractivity contribution >= 4 is 17.2 Å². The van der Waals surface area contributed by atoms with Gasteiger partial charge in [-0.25, -0.2) is 0 Å². The smallest absolute Gasteiger partial charge is 0.0869 e. The zero-order valence-electron chi connectivity index (χ0n) is 7.17. The first-order valence-corrected chi connectivity index (χ1v) is 4.12. The van der Waals surface area contributed by atoms with Gasteiger partial charge in [0.15, 0.2) is 0 Å². The quantitative estimate of drug-likeness (QED) is 0.465. The van der Waals surface area contributed by atoms with Crippen molar-refractivity contribution in [2.45, 2.75) is 6.92 Å². The Bertz CT molecular complexity index is 119. The van der Waals surface area contributed by atoms with Crippen LogP contribution < -0.4 is 5.73 Å². The summed E-state index contributed by atoms with van der Waals surface area (Å²) < 4.78 is 5.16. The Balaban J connectivity index is 3.22. The van der Waals surface area contributed by atoms with Crippen LogP contribution in [-0.2, 0) is 4.74 Å². The number of likely N-dealkylation sites (N-methyl/N-ethyl adjacent to an activating group) is 1. The van der Waals surface area contributed by atoms with E-state index >= 15 is 0 Å². The van der Waals surface area contributed by atoms with Crippen LogP contribution >= 0.6 is 12.2 Å². The number of thiocarbonyl (C=S) groups is 1. The number of nitrogens with zero attached hydrogens (tertiary/aromatic N) is 1. The Hall–Kier alpha value is -0.190. The summed E-state index contributed by atoms with van der Waals surface area (Å²) in [5, 5.41) is 0. The summed E-state index contributed by atoms with van der Waals surface area (Å²) in [5.41, 5.74) is 5.35. The fourth-order valence-corrected chi connectivity index (χ4v) is 0.930. The van der Waals surface area contributed by atoms with Gasteiger partial charge in [0, 0.05) is 19.7 Å². The summed E-state index contributed by atoms with van der Waals surface area (Å²) in [6.45, 7) is 5.04. The van der Waals surface area contributed by atoms with E-state index in [-0.39, 0.29) is 0 Å². The predicted octanol–water partition coefficient (Wildman–Crippen LogP) is 0.241. The highest BCUT2D eigenvalue weighted by molar-refractivity contribution is 7.80. The molecule has 0 saturated heterocycles. The average Bonchev–Trinajstić information content (AvgIpc) is 1.86. The summed E-state index contributed by atoms with van der Waals surface area (Å²) in [6.07, 6.45) is 0. The van der Waals surface area contributed by atoms with E-state index < -0.39 is 0 Å². The zero-order chi connectivity index (χ0) is 8.69. The molecule has 2 N–H and O–H groups in total. The molecule has 0 spiro atoms. The van der Waals surface area contributed by atoms with Crippen LogP contribution in [0.4, 0.5) is 0 Å². The fraction of sp³-hybridized carbons (Fsp3) is 0.857. The number of ether oxygens (including phenoxy) is 1. The molecule has 0 aliphatic heterocycles. The van der Waals surface area contributed by atoms with Crippen LogP contribution in [-0.4, -0.2) is 43.2 Å². The summed E-state index contributed by atoms with van der Waals surface area (Å²) in [5.74, 6) is 0. The normalized spacial score (nSPS) is 10.5. The molecule has 0 rings (SSSR count). The highest BCUT2D eigenvalue weighted by Crippen LogP contribution is 1.83. The first-order chi connectivity index (χ1) is 5.16. The van der Waals surface area contributed by atoms with Gasteiger partial charge in [0.1, 0.15) is 0 Å². The third-order valence-electron chi connectivity index (χ3n) is 1.25. The Morgan fingerprint density at radius 2 is 2.27 bits per heavy atom. The molecule has 0 amide bonds.